The summed E-state index contributed by atoms with van der Waals surface area (Å²) in [5, 5.41) is 4.60. The van der Waals surface area contributed by atoms with E-state index in [-0.39, 0.29) is 0 Å². The second-order valence-electron chi connectivity index (χ2n) is 6.17. The van der Waals surface area contributed by atoms with Crippen LogP contribution in [0.15, 0.2) is 29.3 Å². The number of hydrogen-bond acceptors (Lipinski definition) is 3. The zero-order valence-electron chi connectivity index (χ0n) is 14.8. The lowest BCUT2D eigenvalue weighted by Crippen LogP contribution is -2.44. The fourth-order valence-electron chi connectivity index (χ4n) is 3.17. The highest BCUT2D eigenvalue weighted by atomic mass is 32.1. The quantitative estimate of drug-likeness (QED) is 0.684. The minimum Gasteiger partial charge on any atom is -0.357 e. The van der Waals surface area contributed by atoms with Crippen molar-refractivity contribution in [2.45, 2.75) is 40.2 Å². The van der Waals surface area contributed by atoms with Crippen LogP contribution < -0.4 is 5.32 Å². The van der Waals surface area contributed by atoms with Crippen molar-refractivity contribution in [3.63, 3.8) is 0 Å². The van der Waals surface area contributed by atoms with Crippen LogP contribution in [0.4, 0.5) is 0 Å². The molecule has 5 heteroatoms. The summed E-state index contributed by atoms with van der Waals surface area (Å²) in [4.78, 5) is 13.1. The van der Waals surface area contributed by atoms with Crippen molar-refractivity contribution in [1.82, 2.24) is 15.2 Å². The molecule has 0 atom stereocenters. The second-order valence-corrected chi connectivity index (χ2v) is 7.46. The SMILES string of the molecule is CCNC(=NCCc1sc(C)nc1C)N1CCc2ccccc2C1. The third-order valence-corrected chi connectivity index (χ3v) is 5.50. The van der Waals surface area contributed by atoms with Gasteiger partial charge in [0.25, 0.3) is 0 Å². The van der Waals surface area contributed by atoms with Gasteiger partial charge in [-0.3, -0.25) is 4.99 Å². The summed E-state index contributed by atoms with van der Waals surface area (Å²) in [5.74, 6) is 1.03. The second kappa shape index (κ2) is 7.79. The molecule has 2 aromatic rings. The molecule has 0 aliphatic carbocycles. The predicted octanol–water partition coefficient (Wildman–Crippen LogP) is 3.33. The van der Waals surface area contributed by atoms with Crippen LogP contribution in [0.2, 0.25) is 0 Å². The number of nitrogens with one attached hydrogen (secondary N) is 1. The normalized spacial score (nSPS) is 14.6. The van der Waals surface area contributed by atoms with E-state index in [0.717, 1.165) is 55.7 Å². The summed E-state index contributed by atoms with van der Waals surface area (Å²) in [5.41, 5.74) is 4.05. The van der Waals surface area contributed by atoms with Gasteiger partial charge in [-0.15, -0.1) is 11.3 Å². The number of benzene rings is 1. The van der Waals surface area contributed by atoms with E-state index in [1.807, 2.05) is 0 Å². The number of fused-ring (bicyclic) bond motifs is 1. The highest BCUT2D eigenvalue weighted by Crippen LogP contribution is 2.19. The number of thiazole rings is 1. The van der Waals surface area contributed by atoms with E-state index in [4.69, 9.17) is 4.99 Å². The average Bonchev–Trinajstić information content (AvgIpc) is 2.91. The first-order valence-electron chi connectivity index (χ1n) is 8.70. The Kier molecular flexibility index (Phi) is 5.51. The molecule has 24 heavy (non-hydrogen) atoms. The van der Waals surface area contributed by atoms with Crippen LogP contribution in [0.5, 0.6) is 0 Å². The van der Waals surface area contributed by atoms with E-state index in [1.54, 1.807) is 11.3 Å². The molecule has 3 rings (SSSR count). The van der Waals surface area contributed by atoms with E-state index < -0.39 is 0 Å². The molecule has 1 aromatic carbocycles. The first-order valence-corrected chi connectivity index (χ1v) is 9.52. The lowest BCUT2D eigenvalue weighted by Gasteiger charge is -2.31. The van der Waals surface area contributed by atoms with Gasteiger partial charge in [-0.25, -0.2) is 4.98 Å². The summed E-state index contributed by atoms with van der Waals surface area (Å²) in [6, 6.07) is 8.73. The maximum absolute atomic E-state index is 4.87. The highest BCUT2D eigenvalue weighted by molar-refractivity contribution is 7.11. The molecule has 0 amide bonds. The van der Waals surface area contributed by atoms with Crippen molar-refractivity contribution in [2.24, 2.45) is 4.99 Å². The van der Waals surface area contributed by atoms with E-state index in [2.05, 4.69) is 60.2 Å². The Morgan fingerprint density at radius 2 is 2.08 bits per heavy atom. The number of aryl methyl sites for hydroxylation is 2. The van der Waals surface area contributed by atoms with Crippen LogP contribution in [-0.4, -0.2) is 35.5 Å². The molecular formula is C19H26N4S. The summed E-state index contributed by atoms with van der Waals surface area (Å²) in [6.07, 6.45) is 2.06. The zero-order valence-corrected chi connectivity index (χ0v) is 15.6. The fourth-order valence-corrected chi connectivity index (χ4v) is 4.10. The molecule has 0 saturated carbocycles. The minimum absolute atomic E-state index is 0.808. The Morgan fingerprint density at radius 3 is 2.79 bits per heavy atom. The summed E-state index contributed by atoms with van der Waals surface area (Å²) < 4.78 is 0. The Bertz CT molecular complexity index is 720. The molecular weight excluding hydrogens is 316 g/mol. The van der Waals surface area contributed by atoms with E-state index in [1.165, 1.54) is 16.0 Å². The maximum atomic E-state index is 4.87. The summed E-state index contributed by atoms with van der Waals surface area (Å²) >= 11 is 1.79. The Hall–Kier alpha value is -1.88. The molecule has 0 bridgehead atoms. The van der Waals surface area contributed by atoms with Crippen molar-refractivity contribution in [3.8, 4) is 0 Å². The molecule has 0 saturated heterocycles. The van der Waals surface area contributed by atoms with Gasteiger partial charge in [-0.05, 0) is 38.3 Å². The number of guanidine groups is 1. The molecule has 0 radical (unpaired) electrons. The van der Waals surface area contributed by atoms with Gasteiger partial charge in [0, 0.05) is 37.5 Å². The predicted molar refractivity (Wildman–Crippen MR) is 102 cm³/mol. The first-order chi connectivity index (χ1) is 11.7. The number of hydrogen-bond donors (Lipinski definition) is 1. The lowest BCUT2D eigenvalue weighted by atomic mass is 10.0. The van der Waals surface area contributed by atoms with Crippen LogP contribution >= 0.6 is 11.3 Å². The molecule has 2 heterocycles. The summed E-state index contributed by atoms with van der Waals surface area (Å²) in [7, 11) is 0. The number of aromatic nitrogens is 1. The van der Waals surface area contributed by atoms with E-state index >= 15 is 0 Å². The van der Waals surface area contributed by atoms with Gasteiger partial charge in [0.1, 0.15) is 0 Å². The first kappa shape index (κ1) is 17.0. The van der Waals surface area contributed by atoms with Crippen molar-refractivity contribution in [1.29, 1.82) is 0 Å². The topological polar surface area (TPSA) is 40.5 Å². The van der Waals surface area contributed by atoms with Crippen LogP contribution in [0, 0.1) is 13.8 Å². The van der Waals surface area contributed by atoms with Crippen molar-refractivity contribution < 1.29 is 0 Å². The monoisotopic (exact) mass is 342 g/mol. The van der Waals surface area contributed by atoms with Crippen LogP contribution in [0.3, 0.4) is 0 Å². The smallest absolute Gasteiger partial charge is 0.194 e. The number of rotatable bonds is 4. The van der Waals surface area contributed by atoms with Crippen molar-refractivity contribution >= 4 is 17.3 Å². The van der Waals surface area contributed by atoms with E-state index in [0.29, 0.717) is 0 Å². The van der Waals surface area contributed by atoms with Crippen LogP contribution in [-0.2, 0) is 19.4 Å². The number of nitrogens with zero attached hydrogens (tertiary/aromatic N) is 3. The van der Waals surface area contributed by atoms with Crippen LogP contribution in [0.1, 0.15) is 33.6 Å². The third kappa shape index (κ3) is 3.96. The average molecular weight is 343 g/mol. The molecule has 1 aliphatic rings. The molecule has 0 spiro atoms. The van der Waals surface area contributed by atoms with E-state index in [9.17, 15) is 0 Å². The van der Waals surface area contributed by atoms with Crippen molar-refractivity contribution in [3.05, 3.63) is 51.0 Å². The molecule has 0 fully saturated rings. The molecule has 1 aromatic heterocycles. The fraction of sp³-hybridized carbons (Fsp3) is 0.474. The van der Waals surface area contributed by atoms with Gasteiger partial charge in [0.2, 0.25) is 0 Å². The largest absolute Gasteiger partial charge is 0.357 e. The van der Waals surface area contributed by atoms with Crippen molar-refractivity contribution in [2.75, 3.05) is 19.6 Å². The maximum Gasteiger partial charge on any atom is 0.194 e. The van der Waals surface area contributed by atoms with Gasteiger partial charge in [-0.2, -0.15) is 0 Å². The molecule has 0 unspecified atom stereocenters. The summed E-state index contributed by atoms with van der Waals surface area (Å²) in [6.45, 7) is 9.97. The third-order valence-electron chi connectivity index (χ3n) is 4.37. The molecule has 1 aliphatic heterocycles. The Morgan fingerprint density at radius 1 is 1.29 bits per heavy atom. The Labute approximate surface area is 148 Å². The highest BCUT2D eigenvalue weighted by Gasteiger charge is 2.18. The van der Waals surface area contributed by atoms with Crippen LogP contribution in [0.25, 0.3) is 0 Å². The Balaban J connectivity index is 1.67. The van der Waals surface area contributed by atoms with Gasteiger partial charge in [0.05, 0.1) is 10.7 Å². The number of aliphatic imine (C=N–C) groups is 1. The standard InChI is InChI=1S/C19H26N4S/c1-4-20-19(21-11-9-18-14(2)22-15(3)24-18)23-12-10-16-7-5-6-8-17(16)13-23/h5-8H,4,9-13H2,1-3H3,(H,20,21). The minimum atomic E-state index is 0.808. The van der Waals surface area contributed by atoms with Gasteiger partial charge in [-0.1, -0.05) is 24.3 Å². The molecule has 128 valence electrons. The van der Waals surface area contributed by atoms with Gasteiger partial charge >= 0.3 is 0 Å². The zero-order chi connectivity index (χ0) is 16.9. The van der Waals surface area contributed by atoms with Gasteiger partial charge < -0.3 is 10.2 Å². The molecule has 1 N–H and O–H groups in total. The van der Waals surface area contributed by atoms with Gasteiger partial charge in [0.15, 0.2) is 5.96 Å². The lowest BCUT2D eigenvalue weighted by molar-refractivity contribution is 0.379. The molecule has 4 nitrogen and oxygen atoms in total.